The first-order valence-corrected chi connectivity index (χ1v) is 12.1. The van der Waals surface area contributed by atoms with E-state index >= 15 is 0 Å². The van der Waals surface area contributed by atoms with Crippen molar-refractivity contribution in [2.45, 2.75) is 39.0 Å². The second-order valence-corrected chi connectivity index (χ2v) is 10.3. The van der Waals surface area contributed by atoms with Crippen LogP contribution in [0.25, 0.3) is 0 Å². The molecule has 2 aromatic rings. The van der Waals surface area contributed by atoms with E-state index in [1.807, 2.05) is 80.3 Å². The molecule has 1 fully saturated rings. The predicted molar refractivity (Wildman–Crippen MR) is 118 cm³/mol. The summed E-state index contributed by atoms with van der Waals surface area (Å²) in [5.41, 5.74) is 1.84. The number of benzene rings is 2. The molecule has 2 atom stereocenters. The van der Waals surface area contributed by atoms with Crippen LogP contribution < -0.4 is 10.1 Å². The summed E-state index contributed by atoms with van der Waals surface area (Å²) in [5, 5.41) is 3.10. The Morgan fingerprint density at radius 3 is 2.10 bits per heavy atom. The Hall–Kier alpha value is -2.38. The number of carbonyl (C=O) groups is 1. The Morgan fingerprint density at radius 1 is 0.933 bits per heavy atom. The maximum atomic E-state index is 13.3. The first-order chi connectivity index (χ1) is 14.2. The number of carbonyl (C=O) groups excluding carboxylic acids is 1. The number of amides is 1. The lowest BCUT2D eigenvalue weighted by molar-refractivity contribution is -0.127. The third-order valence-electron chi connectivity index (χ3n) is 5.22. The third kappa shape index (κ3) is 5.83. The summed E-state index contributed by atoms with van der Waals surface area (Å²) in [7, 11) is -3.02. The Balaban J connectivity index is 1.74. The van der Waals surface area contributed by atoms with Crippen LogP contribution >= 0.6 is 0 Å². The second kappa shape index (κ2) is 9.62. The standard InChI is InChI=1S/C23H30N2O4S/c1-17(2)29-21-11-9-19(10-12-21)18(3)24-23(26)22(20-7-5-4-6-8-20)25-13-15-30(27,28)16-14-25/h4-12,17-18,22H,13-16H2,1-3H3,(H,24,26). The van der Waals surface area contributed by atoms with Gasteiger partial charge in [-0.05, 0) is 44.0 Å². The minimum Gasteiger partial charge on any atom is -0.491 e. The van der Waals surface area contributed by atoms with Crippen LogP contribution in [-0.2, 0) is 14.6 Å². The summed E-state index contributed by atoms with van der Waals surface area (Å²) in [5.74, 6) is 0.826. The molecule has 162 valence electrons. The molecule has 2 aromatic carbocycles. The van der Waals surface area contributed by atoms with Gasteiger partial charge in [-0.15, -0.1) is 0 Å². The maximum absolute atomic E-state index is 13.3. The zero-order valence-corrected chi connectivity index (χ0v) is 18.6. The molecule has 1 aliphatic rings. The van der Waals surface area contributed by atoms with Gasteiger partial charge < -0.3 is 10.1 Å². The van der Waals surface area contributed by atoms with Crippen molar-refractivity contribution in [3.63, 3.8) is 0 Å². The van der Waals surface area contributed by atoms with Crippen molar-refractivity contribution in [1.82, 2.24) is 10.2 Å². The zero-order chi connectivity index (χ0) is 21.7. The van der Waals surface area contributed by atoms with E-state index in [0.717, 1.165) is 16.9 Å². The normalized spacial score (nSPS) is 18.5. The molecule has 30 heavy (non-hydrogen) atoms. The SMILES string of the molecule is CC(C)Oc1ccc(C(C)NC(=O)C(c2ccccc2)N2CCS(=O)(=O)CC2)cc1. The Kier molecular flexibility index (Phi) is 7.15. The van der Waals surface area contributed by atoms with E-state index in [2.05, 4.69) is 5.32 Å². The van der Waals surface area contributed by atoms with Gasteiger partial charge in [0, 0.05) is 13.1 Å². The van der Waals surface area contributed by atoms with E-state index in [-0.39, 0.29) is 29.6 Å². The lowest BCUT2D eigenvalue weighted by atomic mass is 10.0. The Morgan fingerprint density at radius 2 is 1.53 bits per heavy atom. The highest BCUT2D eigenvalue weighted by atomic mass is 32.2. The molecule has 3 rings (SSSR count). The van der Waals surface area contributed by atoms with Crippen LogP contribution in [0.1, 0.15) is 44.0 Å². The molecule has 2 unspecified atom stereocenters. The average molecular weight is 431 g/mol. The van der Waals surface area contributed by atoms with Gasteiger partial charge in [0.2, 0.25) is 5.91 Å². The molecule has 0 spiro atoms. The molecule has 1 N–H and O–H groups in total. The smallest absolute Gasteiger partial charge is 0.242 e. The van der Waals surface area contributed by atoms with Gasteiger partial charge in [0.15, 0.2) is 9.84 Å². The number of hydrogen-bond acceptors (Lipinski definition) is 5. The van der Waals surface area contributed by atoms with E-state index in [4.69, 9.17) is 4.74 Å². The zero-order valence-electron chi connectivity index (χ0n) is 17.7. The van der Waals surface area contributed by atoms with E-state index in [9.17, 15) is 13.2 Å². The number of hydrogen-bond donors (Lipinski definition) is 1. The van der Waals surface area contributed by atoms with Gasteiger partial charge in [0.1, 0.15) is 11.8 Å². The van der Waals surface area contributed by atoms with Crippen LogP contribution in [0.4, 0.5) is 0 Å². The molecule has 0 radical (unpaired) electrons. The molecular formula is C23H30N2O4S. The summed E-state index contributed by atoms with van der Waals surface area (Å²) >= 11 is 0. The number of sulfone groups is 1. The van der Waals surface area contributed by atoms with Crippen molar-refractivity contribution in [3.8, 4) is 5.75 Å². The fourth-order valence-corrected chi connectivity index (χ4v) is 4.86. The molecule has 1 amide bonds. The number of nitrogens with one attached hydrogen (secondary N) is 1. The largest absolute Gasteiger partial charge is 0.491 e. The molecule has 1 saturated heterocycles. The summed E-state index contributed by atoms with van der Waals surface area (Å²) in [6, 6.07) is 16.5. The molecule has 0 aromatic heterocycles. The maximum Gasteiger partial charge on any atom is 0.242 e. The highest BCUT2D eigenvalue weighted by Gasteiger charge is 2.33. The van der Waals surface area contributed by atoms with Crippen molar-refractivity contribution in [2.75, 3.05) is 24.6 Å². The van der Waals surface area contributed by atoms with Gasteiger partial charge in [0.05, 0.1) is 23.7 Å². The minimum atomic E-state index is -3.02. The van der Waals surface area contributed by atoms with Gasteiger partial charge in [0.25, 0.3) is 0 Å². The summed E-state index contributed by atoms with van der Waals surface area (Å²) < 4.78 is 29.4. The van der Waals surface area contributed by atoms with E-state index in [1.54, 1.807) is 0 Å². The van der Waals surface area contributed by atoms with Crippen LogP contribution in [0.3, 0.4) is 0 Å². The topological polar surface area (TPSA) is 75.7 Å². The Bertz CT molecular complexity index is 929. The van der Waals surface area contributed by atoms with Crippen molar-refractivity contribution < 1.29 is 17.9 Å². The van der Waals surface area contributed by atoms with Crippen molar-refractivity contribution in [2.24, 2.45) is 0 Å². The number of rotatable bonds is 7. The van der Waals surface area contributed by atoms with E-state index in [0.29, 0.717) is 13.1 Å². The van der Waals surface area contributed by atoms with Crippen LogP contribution in [0.15, 0.2) is 54.6 Å². The molecule has 0 aliphatic carbocycles. The van der Waals surface area contributed by atoms with Gasteiger partial charge in [-0.3, -0.25) is 9.69 Å². The van der Waals surface area contributed by atoms with Gasteiger partial charge in [-0.2, -0.15) is 0 Å². The summed E-state index contributed by atoms with van der Waals surface area (Å²) in [6.45, 7) is 6.60. The van der Waals surface area contributed by atoms with E-state index in [1.165, 1.54) is 0 Å². The van der Waals surface area contributed by atoms with Crippen LogP contribution in [0.2, 0.25) is 0 Å². The third-order valence-corrected chi connectivity index (χ3v) is 6.83. The fraction of sp³-hybridized carbons (Fsp3) is 0.435. The average Bonchev–Trinajstić information content (AvgIpc) is 2.70. The molecular weight excluding hydrogens is 400 g/mol. The monoisotopic (exact) mass is 430 g/mol. The van der Waals surface area contributed by atoms with Crippen LogP contribution in [-0.4, -0.2) is 49.9 Å². The predicted octanol–water partition coefficient (Wildman–Crippen LogP) is 3.12. The second-order valence-electron chi connectivity index (χ2n) is 7.97. The van der Waals surface area contributed by atoms with Gasteiger partial charge in [-0.25, -0.2) is 8.42 Å². The van der Waals surface area contributed by atoms with Crippen molar-refractivity contribution in [3.05, 3.63) is 65.7 Å². The first-order valence-electron chi connectivity index (χ1n) is 10.3. The molecule has 0 saturated carbocycles. The van der Waals surface area contributed by atoms with E-state index < -0.39 is 15.9 Å². The quantitative estimate of drug-likeness (QED) is 0.730. The van der Waals surface area contributed by atoms with Gasteiger partial charge >= 0.3 is 0 Å². The minimum absolute atomic E-state index is 0.0798. The summed E-state index contributed by atoms with van der Waals surface area (Å²) in [4.78, 5) is 15.2. The fourth-order valence-electron chi connectivity index (χ4n) is 3.63. The molecule has 1 heterocycles. The van der Waals surface area contributed by atoms with Crippen LogP contribution in [0.5, 0.6) is 5.75 Å². The Labute approximate surface area is 179 Å². The molecule has 1 aliphatic heterocycles. The van der Waals surface area contributed by atoms with Crippen molar-refractivity contribution >= 4 is 15.7 Å². The first kappa shape index (κ1) is 22.3. The summed E-state index contributed by atoms with van der Waals surface area (Å²) in [6.07, 6.45) is 0.105. The highest BCUT2D eigenvalue weighted by Crippen LogP contribution is 2.25. The molecule has 6 nitrogen and oxygen atoms in total. The number of nitrogens with zero attached hydrogens (tertiary/aromatic N) is 1. The molecule has 0 bridgehead atoms. The lowest BCUT2D eigenvalue weighted by Crippen LogP contribution is -2.47. The van der Waals surface area contributed by atoms with Gasteiger partial charge in [-0.1, -0.05) is 42.5 Å². The van der Waals surface area contributed by atoms with Crippen molar-refractivity contribution in [1.29, 1.82) is 0 Å². The molecule has 7 heteroatoms. The highest BCUT2D eigenvalue weighted by molar-refractivity contribution is 7.91. The number of ether oxygens (including phenoxy) is 1. The van der Waals surface area contributed by atoms with Crippen LogP contribution in [0, 0.1) is 0 Å². The lowest BCUT2D eigenvalue weighted by Gasteiger charge is -2.34.